The monoisotopic (exact) mass is 205 g/mol. The Balaban J connectivity index is 1.93. The van der Waals surface area contributed by atoms with Crippen LogP contribution >= 0.6 is 11.6 Å². The molecule has 1 aliphatic rings. The Morgan fingerprint density at radius 3 is 3.08 bits per heavy atom. The number of halogens is 1. The van der Waals surface area contributed by atoms with Gasteiger partial charge in [0.15, 0.2) is 0 Å². The number of hydrogen-bond donors (Lipinski definition) is 1. The molecule has 0 bridgehead atoms. The molecule has 1 heterocycles. The number of hydrogen-bond acceptors (Lipinski definition) is 2. The van der Waals surface area contributed by atoms with Crippen LogP contribution in [0, 0.1) is 11.8 Å². The Hall–Kier alpha value is 0.210. The molecule has 3 heteroatoms. The Labute approximate surface area is 86.0 Å². The summed E-state index contributed by atoms with van der Waals surface area (Å²) >= 11 is 5.65. The van der Waals surface area contributed by atoms with Crippen molar-refractivity contribution in [1.82, 2.24) is 5.32 Å². The van der Waals surface area contributed by atoms with Gasteiger partial charge in [-0.15, -0.1) is 11.6 Å². The summed E-state index contributed by atoms with van der Waals surface area (Å²) in [7, 11) is 0. The van der Waals surface area contributed by atoms with Gasteiger partial charge in [-0.25, -0.2) is 0 Å². The van der Waals surface area contributed by atoms with E-state index in [1.54, 1.807) is 0 Å². The van der Waals surface area contributed by atoms with Crippen LogP contribution in [0.1, 0.15) is 19.8 Å². The standard InChI is InChI=1S/C10H20ClNO/c1-9(2-4-11)6-12-7-10-3-5-13-8-10/h9-10,12H,2-8H2,1H3. The first-order valence-electron chi connectivity index (χ1n) is 5.17. The van der Waals surface area contributed by atoms with Gasteiger partial charge in [0.25, 0.3) is 0 Å². The lowest BCUT2D eigenvalue weighted by molar-refractivity contribution is 0.185. The van der Waals surface area contributed by atoms with Crippen LogP contribution in [0.3, 0.4) is 0 Å². The maximum atomic E-state index is 5.65. The van der Waals surface area contributed by atoms with E-state index < -0.39 is 0 Å². The maximum absolute atomic E-state index is 5.65. The highest BCUT2D eigenvalue weighted by molar-refractivity contribution is 6.17. The molecule has 0 saturated carbocycles. The summed E-state index contributed by atoms with van der Waals surface area (Å²) in [6.07, 6.45) is 2.33. The molecule has 0 aromatic rings. The Bertz CT molecular complexity index is 126. The lowest BCUT2D eigenvalue weighted by Gasteiger charge is -2.13. The van der Waals surface area contributed by atoms with E-state index in [1.165, 1.54) is 6.42 Å². The molecule has 1 saturated heterocycles. The van der Waals surface area contributed by atoms with Gasteiger partial charge in [-0.2, -0.15) is 0 Å². The molecule has 1 N–H and O–H groups in total. The number of rotatable bonds is 6. The second kappa shape index (κ2) is 6.63. The largest absolute Gasteiger partial charge is 0.381 e. The highest BCUT2D eigenvalue weighted by atomic mass is 35.5. The molecule has 13 heavy (non-hydrogen) atoms. The summed E-state index contributed by atoms with van der Waals surface area (Å²) in [6, 6.07) is 0. The first kappa shape index (κ1) is 11.3. The fraction of sp³-hybridized carbons (Fsp3) is 1.00. The van der Waals surface area contributed by atoms with Crippen molar-refractivity contribution in [1.29, 1.82) is 0 Å². The lowest BCUT2D eigenvalue weighted by Crippen LogP contribution is -2.27. The van der Waals surface area contributed by atoms with Crippen molar-refractivity contribution in [3.8, 4) is 0 Å². The molecule has 0 amide bonds. The van der Waals surface area contributed by atoms with Crippen molar-refractivity contribution < 1.29 is 4.74 Å². The van der Waals surface area contributed by atoms with Gasteiger partial charge >= 0.3 is 0 Å². The second-order valence-electron chi connectivity index (χ2n) is 3.97. The minimum atomic E-state index is 0.694. The minimum Gasteiger partial charge on any atom is -0.381 e. The second-order valence-corrected chi connectivity index (χ2v) is 4.35. The quantitative estimate of drug-likeness (QED) is 0.669. The van der Waals surface area contributed by atoms with Crippen LogP contribution in [-0.4, -0.2) is 32.2 Å². The average molecular weight is 206 g/mol. The molecule has 0 spiro atoms. The zero-order chi connectivity index (χ0) is 9.52. The van der Waals surface area contributed by atoms with Crippen LogP contribution in [0.25, 0.3) is 0 Å². The van der Waals surface area contributed by atoms with E-state index in [0.29, 0.717) is 5.92 Å². The summed E-state index contributed by atoms with van der Waals surface area (Å²) < 4.78 is 5.30. The topological polar surface area (TPSA) is 21.3 Å². The van der Waals surface area contributed by atoms with Crippen molar-refractivity contribution in [2.24, 2.45) is 11.8 Å². The highest BCUT2D eigenvalue weighted by Crippen LogP contribution is 2.10. The smallest absolute Gasteiger partial charge is 0.0507 e. The van der Waals surface area contributed by atoms with Gasteiger partial charge in [-0.05, 0) is 31.2 Å². The third-order valence-corrected chi connectivity index (χ3v) is 2.77. The van der Waals surface area contributed by atoms with Crippen molar-refractivity contribution in [2.45, 2.75) is 19.8 Å². The molecule has 0 radical (unpaired) electrons. The summed E-state index contributed by atoms with van der Waals surface area (Å²) in [5.41, 5.74) is 0. The van der Waals surface area contributed by atoms with Crippen molar-refractivity contribution in [3.63, 3.8) is 0 Å². The summed E-state index contributed by atoms with van der Waals surface area (Å²) in [4.78, 5) is 0. The summed E-state index contributed by atoms with van der Waals surface area (Å²) in [6.45, 7) is 6.32. The third-order valence-electron chi connectivity index (χ3n) is 2.55. The predicted molar refractivity (Wildman–Crippen MR) is 56.3 cm³/mol. The van der Waals surface area contributed by atoms with E-state index >= 15 is 0 Å². The third kappa shape index (κ3) is 4.84. The SMILES string of the molecule is CC(CCCl)CNCC1CCOC1. The highest BCUT2D eigenvalue weighted by Gasteiger charge is 2.14. The van der Waals surface area contributed by atoms with E-state index in [2.05, 4.69) is 12.2 Å². The predicted octanol–water partition coefficient (Wildman–Crippen LogP) is 1.88. The van der Waals surface area contributed by atoms with Gasteiger partial charge < -0.3 is 10.1 Å². The molecule has 1 aliphatic heterocycles. The van der Waals surface area contributed by atoms with Crippen LogP contribution in [0.4, 0.5) is 0 Å². The Morgan fingerprint density at radius 2 is 2.46 bits per heavy atom. The molecule has 0 aromatic carbocycles. The normalized spacial score (nSPS) is 24.9. The zero-order valence-corrected chi connectivity index (χ0v) is 9.15. The van der Waals surface area contributed by atoms with Crippen LogP contribution in [0.15, 0.2) is 0 Å². The van der Waals surface area contributed by atoms with Crippen LogP contribution in [-0.2, 0) is 4.74 Å². The van der Waals surface area contributed by atoms with Crippen molar-refractivity contribution in [3.05, 3.63) is 0 Å². The molecule has 2 unspecified atom stereocenters. The first-order valence-corrected chi connectivity index (χ1v) is 5.70. The van der Waals surface area contributed by atoms with Gasteiger partial charge in [0.05, 0.1) is 6.61 Å². The molecule has 0 aromatic heterocycles. The fourth-order valence-corrected chi connectivity index (χ4v) is 1.94. The lowest BCUT2D eigenvalue weighted by atomic mass is 10.1. The molecule has 2 nitrogen and oxygen atoms in total. The number of ether oxygens (including phenoxy) is 1. The van der Waals surface area contributed by atoms with Gasteiger partial charge in [-0.1, -0.05) is 6.92 Å². The Kier molecular flexibility index (Phi) is 5.76. The van der Waals surface area contributed by atoms with E-state index in [4.69, 9.17) is 16.3 Å². The summed E-state index contributed by atoms with van der Waals surface area (Å²) in [5, 5.41) is 3.47. The molecule has 1 rings (SSSR count). The van der Waals surface area contributed by atoms with Crippen LogP contribution in [0.2, 0.25) is 0 Å². The van der Waals surface area contributed by atoms with E-state index in [1.807, 2.05) is 0 Å². The molecular weight excluding hydrogens is 186 g/mol. The number of alkyl halides is 1. The van der Waals surface area contributed by atoms with Gasteiger partial charge in [0.2, 0.25) is 0 Å². The van der Waals surface area contributed by atoms with Crippen molar-refractivity contribution in [2.75, 3.05) is 32.2 Å². The van der Waals surface area contributed by atoms with Crippen LogP contribution in [0.5, 0.6) is 0 Å². The zero-order valence-electron chi connectivity index (χ0n) is 8.39. The maximum Gasteiger partial charge on any atom is 0.0507 e. The first-order chi connectivity index (χ1) is 6.33. The molecular formula is C10H20ClNO. The summed E-state index contributed by atoms with van der Waals surface area (Å²) in [5.74, 6) is 2.21. The number of nitrogens with one attached hydrogen (secondary N) is 1. The van der Waals surface area contributed by atoms with Crippen molar-refractivity contribution >= 4 is 11.6 Å². The Morgan fingerprint density at radius 1 is 1.62 bits per heavy atom. The van der Waals surface area contributed by atoms with E-state index in [0.717, 1.165) is 44.5 Å². The van der Waals surface area contributed by atoms with Gasteiger partial charge in [-0.3, -0.25) is 0 Å². The van der Waals surface area contributed by atoms with E-state index in [9.17, 15) is 0 Å². The van der Waals surface area contributed by atoms with Gasteiger partial charge in [0, 0.05) is 19.0 Å². The minimum absolute atomic E-state index is 0.694. The van der Waals surface area contributed by atoms with Crippen LogP contribution < -0.4 is 5.32 Å². The molecule has 0 aliphatic carbocycles. The molecule has 2 atom stereocenters. The van der Waals surface area contributed by atoms with E-state index in [-0.39, 0.29) is 0 Å². The average Bonchev–Trinajstić information content (AvgIpc) is 2.57. The fourth-order valence-electron chi connectivity index (χ4n) is 1.57. The van der Waals surface area contributed by atoms with Gasteiger partial charge in [0.1, 0.15) is 0 Å². The molecule has 78 valence electrons. The molecule has 1 fully saturated rings.